The Labute approximate surface area is 120 Å². The molecule has 0 aromatic heterocycles. The Bertz CT molecular complexity index is 391. The molecule has 0 N–H and O–H groups in total. The highest BCUT2D eigenvalue weighted by Crippen LogP contribution is 2.44. The summed E-state index contributed by atoms with van der Waals surface area (Å²) in [7, 11) is 0. The van der Waals surface area contributed by atoms with E-state index in [2.05, 4.69) is 0 Å². The molecule has 3 rings (SSSR count). The van der Waals surface area contributed by atoms with Crippen LogP contribution in [0.1, 0.15) is 53.4 Å². The molecule has 5 heteroatoms. The molecule has 2 saturated heterocycles. The summed E-state index contributed by atoms with van der Waals surface area (Å²) in [5.74, 6) is 0.211. The third kappa shape index (κ3) is 2.76. The van der Waals surface area contributed by atoms with E-state index in [0.717, 1.165) is 12.8 Å². The number of amides is 1. The van der Waals surface area contributed by atoms with Crippen LogP contribution < -0.4 is 0 Å². The number of hydrogen-bond donors (Lipinski definition) is 0. The number of hydrogen-bond acceptors (Lipinski definition) is 4. The zero-order chi connectivity index (χ0) is 15.0. The van der Waals surface area contributed by atoms with Gasteiger partial charge in [-0.2, -0.15) is 0 Å². The summed E-state index contributed by atoms with van der Waals surface area (Å²) < 4.78 is 10.7. The monoisotopic (exact) mass is 283 g/mol. The summed E-state index contributed by atoms with van der Waals surface area (Å²) in [4.78, 5) is 26.4. The molecule has 3 aliphatic rings. The fraction of sp³-hybridized carbons (Fsp3) is 0.867. The van der Waals surface area contributed by atoms with Crippen molar-refractivity contribution in [2.75, 3.05) is 13.2 Å². The smallest absolute Gasteiger partial charge is 0.411 e. The van der Waals surface area contributed by atoms with Crippen molar-refractivity contribution < 1.29 is 19.1 Å². The second kappa shape index (κ2) is 5.26. The van der Waals surface area contributed by atoms with Crippen LogP contribution in [0.2, 0.25) is 0 Å². The minimum atomic E-state index is -0.799. The fourth-order valence-electron chi connectivity index (χ4n) is 3.19. The van der Waals surface area contributed by atoms with Gasteiger partial charge in [0, 0.05) is 6.54 Å². The topological polar surface area (TPSA) is 55.8 Å². The van der Waals surface area contributed by atoms with Gasteiger partial charge in [-0.1, -0.05) is 0 Å². The van der Waals surface area contributed by atoms with Crippen molar-refractivity contribution >= 4 is 12.1 Å². The molecule has 3 fully saturated rings. The molecule has 1 amide bonds. The molecule has 0 radical (unpaired) electrons. The Kier molecular flexibility index (Phi) is 3.98. The van der Waals surface area contributed by atoms with Crippen LogP contribution >= 0.6 is 0 Å². The van der Waals surface area contributed by atoms with E-state index in [9.17, 15) is 9.59 Å². The minimum absolute atomic E-state index is 0.274. The average Bonchev–Trinajstić information content (AvgIpc) is 2.38. The van der Waals surface area contributed by atoms with Crippen LogP contribution in [0.4, 0.5) is 4.79 Å². The van der Waals surface area contributed by atoms with E-state index in [0.29, 0.717) is 31.9 Å². The van der Waals surface area contributed by atoms with Crippen LogP contribution in [0, 0.1) is 5.92 Å². The number of carbonyl (C=O) groups is 2. The van der Waals surface area contributed by atoms with Gasteiger partial charge < -0.3 is 9.47 Å². The Balaban J connectivity index is 2.21. The second-order valence-electron chi connectivity index (χ2n) is 6.79. The van der Waals surface area contributed by atoms with Crippen LogP contribution in [0.15, 0.2) is 0 Å². The summed E-state index contributed by atoms with van der Waals surface area (Å²) in [5.41, 5.74) is -1.35. The quantitative estimate of drug-likeness (QED) is 0.731. The second-order valence-corrected chi connectivity index (χ2v) is 6.79. The van der Waals surface area contributed by atoms with E-state index in [1.54, 1.807) is 11.8 Å². The van der Waals surface area contributed by atoms with Crippen molar-refractivity contribution in [1.82, 2.24) is 4.90 Å². The van der Waals surface area contributed by atoms with Crippen LogP contribution in [0.5, 0.6) is 0 Å². The van der Waals surface area contributed by atoms with Crippen molar-refractivity contribution in [2.24, 2.45) is 5.92 Å². The summed E-state index contributed by atoms with van der Waals surface area (Å²) in [6.45, 7) is 8.25. The van der Waals surface area contributed by atoms with Gasteiger partial charge in [0.05, 0.1) is 6.61 Å². The third-order valence-corrected chi connectivity index (χ3v) is 4.16. The summed E-state index contributed by atoms with van der Waals surface area (Å²) in [6.07, 6.45) is 2.96. The number of fused-ring (bicyclic) bond motifs is 3. The van der Waals surface area contributed by atoms with Gasteiger partial charge in [-0.3, -0.25) is 4.90 Å². The molecule has 2 heterocycles. The van der Waals surface area contributed by atoms with Gasteiger partial charge in [-0.15, -0.1) is 0 Å². The predicted octanol–water partition coefficient (Wildman–Crippen LogP) is 2.73. The zero-order valence-corrected chi connectivity index (χ0v) is 12.9. The molecule has 114 valence electrons. The number of rotatable bonds is 2. The first kappa shape index (κ1) is 15.1. The first-order chi connectivity index (χ1) is 9.28. The van der Waals surface area contributed by atoms with Crippen molar-refractivity contribution in [3.8, 4) is 0 Å². The van der Waals surface area contributed by atoms with Crippen molar-refractivity contribution in [3.63, 3.8) is 0 Å². The molecule has 0 aromatic rings. The molecule has 2 aliphatic heterocycles. The minimum Gasteiger partial charge on any atom is -0.464 e. The number of piperidine rings is 2. The van der Waals surface area contributed by atoms with Gasteiger partial charge in [0.15, 0.2) is 0 Å². The van der Waals surface area contributed by atoms with Gasteiger partial charge in [0.1, 0.15) is 11.1 Å². The first-order valence-electron chi connectivity index (χ1n) is 7.46. The summed E-state index contributed by atoms with van der Waals surface area (Å²) in [6, 6.07) is 0. The molecule has 1 aliphatic carbocycles. The van der Waals surface area contributed by atoms with Gasteiger partial charge in [0.2, 0.25) is 0 Å². The number of esters is 1. The highest BCUT2D eigenvalue weighted by atomic mass is 16.6. The first-order valence-corrected chi connectivity index (χ1v) is 7.46. The number of ether oxygens (including phenoxy) is 2. The van der Waals surface area contributed by atoms with Gasteiger partial charge >= 0.3 is 12.1 Å². The molecule has 0 unspecified atom stereocenters. The number of nitrogens with zero attached hydrogens (tertiary/aromatic N) is 1. The molecule has 0 spiro atoms. The Hall–Kier alpha value is -1.26. The Morgan fingerprint density at radius 1 is 1.25 bits per heavy atom. The van der Waals surface area contributed by atoms with Crippen LogP contribution in [0.3, 0.4) is 0 Å². The zero-order valence-electron chi connectivity index (χ0n) is 12.9. The summed E-state index contributed by atoms with van der Waals surface area (Å²) in [5, 5.41) is 0. The molecular formula is C15H25NO4. The van der Waals surface area contributed by atoms with Gasteiger partial charge in [0.25, 0.3) is 0 Å². The normalized spacial score (nSPS) is 29.2. The predicted molar refractivity (Wildman–Crippen MR) is 74.3 cm³/mol. The highest BCUT2D eigenvalue weighted by Gasteiger charge is 2.55. The largest absolute Gasteiger partial charge is 0.464 e. The third-order valence-electron chi connectivity index (χ3n) is 4.16. The van der Waals surface area contributed by atoms with Crippen molar-refractivity contribution in [1.29, 1.82) is 0 Å². The Morgan fingerprint density at radius 3 is 2.35 bits per heavy atom. The van der Waals surface area contributed by atoms with Gasteiger partial charge in [-0.25, -0.2) is 9.59 Å². The molecule has 5 nitrogen and oxygen atoms in total. The maximum atomic E-state index is 12.4. The number of carbonyl (C=O) groups excluding carboxylic acids is 2. The van der Waals surface area contributed by atoms with Crippen molar-refractivity contribution in [3.05, 3.63) is 0 Å². The maximum Gasteiger partial charge on any atom is 0.411 e. The van der Waals surface area contributed by atoms with E-state index in [1.165, 1.54) is 0 Å². The maximum absolute atomic E-state index is 12.4. The standard InChI is InChI=1S/C15H25NO4/c1-5-19-12(17)15-8-6-11(7-9-15)10-16(15)13(18)20-14(2,3)4/h11H,5-10H2,1-4H3. The summed E-state index contributed by atoms with van der Waals surface area (Å²) >= 11 is 0. The van der Waals surface area contributed by atoms with Gasteiger partial charge in [-0.05, 0) is 59.3 Å². The van der Waals surface area contributed by atoms with E-state index < -0.39 is 17.2 Å². The molecule has 0 atom stereocenters. The van der Waals surface area contributed by atoms with E-state index in [1.807, 2.05) is 20.8 Å². The molecule has 20 heavy (non-hydrogen) atoms. The van der Waals surface area contributed by atoms with E-state index in [-0.39, 0.29) is 5.97 Å². The lowest BCUT2D eigenvalue weighted by Crippen LogP contribution is -2.65. The van der Waals surface area contributed by atoms with Crippen molar-refractivity contribution in [2.45, 2.75) is 64.5 Å². The van der Waals surface area contributed by atoms with E-state index in [4.69, 9.17) is 9.47 Å². The van der Waals surface area contributed by atoms with Crippen LogP contribution in [0.25, 0.3) is 0 Å². The highest BCUT2D eigenvalue weighted by molar-refractivity contribution is 5.86. The molecule has 0 aromatic carbocycles. The fourth-order valence-corrected chi connectivity index (χ4v) is 3.19. The lowest BCUT2D eigenvalue weighted by Gasteiger charge is -2.52. The lowest BCUT2D eigenvalue weighted by molar-refractivity contribution is -0.166. The lowest BCUT2D eigenvalue weighted by atomic mass is 9.70. The average molecular weight is 283 g/mol. The SMILES string of the molecule is CCOC(=O)C12CCC(CC1)CN2C(=O)OC(C)(C)C. The Morgan fingerprint density at radius 2 is 1.85 bits per heavy atom. The van der Waals surface area contributed by atoms with E-state index >= 15 is 0 Å². The van der Waals surface area contributed by atoms with Crippen LogP contribution in [-0.2, 0) is 14.3 Å². The molecular weight excluding hydrogens is 258 g/mol. The molecule has 1 saturated carbocycles. The molecule has 2 bridgehead atoms. The van der Waals surface area contributed by atoms with Crippen LogP contribution in [-0.4, -0.2) is 41.3 Å².